The van der Waals surface area contributed by atoms with Crippen molar-refractivity contribution >= 4 is 33.7 Å². The SMILES string of the molecule is COC(C)=NCc1ccc(OC2OC(C)C(O)C(O)C2O)cc1.COC(C)=NCc1ccc(OC2OC(C)C(O)C(O)C2O)cc1.Cc1c(-c2ccc(O)c(O)c2)oc2cc(O)cc(O)c2c1=O.Cc1c(-c2ccc(O)cc2)oc2cc(O)cc(O)c2c1=O. The molecule has 2 fully saturated rings. The zero-order chi connectivity index (χ0) is 65.1. The van der Waals surface area contributed by atoms with Crippen LogP contribution in [0.15, 0.2) is 144 Å². The van der Waals surface area contributed by atoms with Gasteiger partial charge < -0.3 is 104 Å². The van der Waals surface area contributed by atoms with E-state index in [1.165, 1.54) is 49.4 Å². The Morgan fingerprint density at radius 3 is 1.21 bits per heavy atom. The number of benzene rings is 6. The van der Waals surface area contributed by atoms with Crippen LogP contribution in [0, 0.1) is 13.8 Å². The van der Waals surface area contributed by atoms with Crippen LogP contribution >= 0.6 is 0 Å². The molecule has 8 aromatic rings. The monoisotopic (exact) mass is 1230 g/mol. The molecule has 0 amide bonds. The highest BCUT2D eigenvalue weighted by Crippen LogP contribution is 2.37. The van der Waals surface area contributed by atoms with Gasteiger partial charge in [0.05, 0.1) is 39.5 Å². The summed E-state index contributed by atoms with van der Waals surface area (Å²) in [6.07, 6.45) is -10.9. The molecule has 10 atom stereocenters. The number of fused-ring (bicyclic) bond motifs is 2. The molecule has 2 aliphatic rings. The first-order valence-electron chi connectivity index (χ1n) is 27.5. The van der Waals surface area contributed by atoms with Crippen molar-refractivity contribution in [3.8, 4) is 74.4 Å². The molecule has 0 spiro atoms. The predicted octanol–water partition coefficient (Wildman–Crippen LogP) is 6.39. The second kappa shape index (κ2) is 29.5. The third kappa shape index (κ3) is 16.4. The highest BCUT2D eigenvalue weighted by molar-refractivity contribution is 5.88. The molecule has 2 aliphatic heterocycles. The van der Waals surface area contributed by atoms with Gasteiger partial charge in [-0.2, -0.15) is 0 Å². The molecular formula is C64H70N2O23. The first kappa shape index (κ1) is 67.1. The van der Waals surface area contributed by atoms with Crippen molar-refractivity contribution in [3.05, 3.63) is 158 Å². The van der Waals surface area contributed by atoms with E-state index in [-0.39, 0.29) is 78.9 Å². The highest BCUT2D eigenvalue weighted by atomic mass is 16.7. The number of ether oxygens (including phenoxy) is 6. The van der Waals surface area contributed by atoms with E-state index >= 15 is 0 Å². The Morgan fingerprint density at radius 2 is 0.831 bits per heavy atom. The smallest absolute Gasteiger partial charge is 0.229 e. The average molecular weight is 1240 g/mol. The molecule has 10 unspecified atom stereocenters. The van der Waals surface area contributed by atoms with E-state index < -0.39 is 66.8 Å². The summed E-state index contributed by atoms with van der Waals surface area (Å²) in [5.41, 5.74) is 2.85. The van der Waals surface area contributed by atoms with Crippen LogP contribution in [0.25, 0.3) is 44.6 Å². The van der Waals surface area contributed by atoms with Gasteiger partial charge in [0.25, 0.3) is 0 Å². The molecule has 13 N–H and O–H groups in total. The minimum atomic E-state index is -1.32. The number of hydrogen-bond donors (Lipinski definition) is 13. The molecule has 0 radical (unpaired) electrons. The van der Waals surface area contributed by atoms with Gasteiger partial charge in [-0.3, -0.25) is 19.6 Å². The fourth-order valence-electron chi connectivity index (χ4n) is 8.94. The van der Waals surface area contributed by atoms with Crippen molar-refractivity contribution in [2.75, 3.05) is 14.2 Å². The number of phenolic OH excluding ortho intramolecular Hbond substituents is 7. The van der Waals surface area contributed by atoms with Crippen molar-refractivity contribution in [3.63, 3.8) is 0 Å². The van der Waals surface area contributed by atoms with Gasteiger partial charge in [-0.05, 0) is 106 Å². The van der Waals surface area contributed by atoms with Crippen molar-refractivity contribution in [2.45, 2.75) is 116 Å². The lowest BCUT2D eigenvalue weighted by atomic mass is 10.00. The fraction of sp³-hybridized carbons (Fsp3) is 0.312. The predicted molar refractivity (Wildman–Crippen MR) is 323 cm³/mol. The maximum atomic E-state index is 12.4. The third-order valence-corrected chi connectivity index (χ3v) is 14.3. The molecule has 2 saturated heterocycles. The molecule has 10 rings (SSSR count). The van der Waals surface area contributed by atoms with Crippen LogP contribution < -0.4 is 20.3 Å². The quantitative estimate of drug-likeness (QED) is 0.0400. The standard InChI is InChI=1S/2C16H23NO6.C16H12O6.C16H12O5/c2*1-9-13(18)14(19)15(20)16(22-9)23-12-6-4-11(5-7-12)8-17-10(2)21-3;1-7-15(21)14-12(20)5-9(17)6-13(14)22-16(7)8-2-3-10(18)11(19)4-8;1-8-15(20)14-12(19)6-11(18)7-13(14)21-16(8)9-2-4-10(17)5-3-9/h2*4-7,9,13-16,18-20H,8H2,1-3H3;2-6,17-20H,1H3;2-7,17-19H,1H3. The molecular weight excluding hydrogens is 1160 g/mol. The van der Waals surface area contributed by atoms with Gasteiger partial charge in [-0.25, -0.2) is 0 Å². The van der Waals surface area contributed by atoms with E-state index in [0.29, 0.717) is 58.8 Å². The summed E-state index contributed by atoms with van der Waals surface area (Å²) in [4.78, 5) is 33.2. The lowest BCUT2D eigenvalue weighted by molar-refractivity contribution is -0.268. The van der Waals surface area contributed by atoms with Crippen LogP contribution in [0.1, 0.15) is 49.9 Å². The van der Waals surface area contributed by atoms with E-state index in [2.05, 4.69) is 9.98 Å². The lowest BCUT2D eigenvalue weighted by Crippen LogP contribution is -2.58. The molecule has 0 saturated carbocycles. The average Bonchev–Trinajstić information content (AvgIpc) is 1.27. The maximum absolute atomic E-state index is 12.4. The third-order valence-electron chi connectivity index (χ3n) is 14.3. The lowest BCUT2D eigenvalue weighted by Gasteiger charge is -2.38. The van der Waals surface area contributed by atoms with Crippen LogP contribution in [0.2, 0.25) is 0 Å². The van der Waals surface area contributed by atoms with Gasteiger partial charge in [-0.1, -0.05) is 24.3 Å². The van der Waals surface area contributed by atoms with Gasteiger partial charge in [0.2, 0.25) is 12.6 Å². The Morgan fingerprint density at radius 1 is 0.449 bits per heavy atom. The number of methoxy groups -OCH3 is 2. The number of hydrogen-bond acceptors (Lipinski definition) is 25. The normalized spacial score (nSPS) is 21.7. The second-order valence-corrected chi connectivity index (χ2v) is 20.7. The number of rotatable bonds is 10. The molecule has 6 aromatic carbocycles. The number of aliphatic hydroxyl groups excluding tert-OH is 6. The largest absolute Gasteiger partial charge is 0.508 e. The van der Waals surface area contributed by atoms with Gasteiger partial charge in [-0.15, -0.1) is 0 Å². The molecule has 25 nitrogen and oxygen atoms in total. The van der Waals surface area contributed by atoms with Crippen LogP contribution in [-0.2, 0) is 32.0 Å². The minimum Gasteiger partial charge on any atom is -0.508 e. The summed E-state index contributed by atoms with van der Waals surface area (Å²) < 4.78 is 43.1. The number of nitrogens with zero attached hydrogens (tertiary/aromatic N) is 2. The molecule has 474 valence electrons. The number of aliphatic imine (C=N–C) groups is 2. The molecule has 4 heterocycles. The number of phenols is 7. The van der Waals surface area contributed by atoms with Gasteiger partial charge in [0.15, 0.2) is 34.2 Å². The van der Waals surface area contributed by atoms with Crippen molar-refractivity contribution in [2.24, 2.45) is 9.98 Å². The first-order valence-corrected chi connectivity index (χ1v) is 27.5. The summed E-state index contributed by atoms with van der Waals surface area (Å²) in [6, 6.07) is 29.1. The molecule has 25 heteroatoms. The Labute approximate surface area is 508 Å². The van der Waals surface area contributed by atoms with E-state index in [0.717, 1.165) is 23.3 Å². The summed E-state index contributed by atoms with van der Waals surface area (Å²) in [6.45, 7) is 10.9. The summed E-state index contributed by atoms with van der Waals surface area (Å²) >= 11 is 0. The Balaban J connectivity index is 0.000000169. The van der Waals surface area contributed by atoms with Gasteiger partial charge in [0, 0.05) is 60.4 Å². The fourth-order valence-corrected chi connectivity index (χ4v) is 8.94. The summed E-state index contributed by atoms with van der Waals surface area (Å²) in [5, 5.41) is 126. The van der Waals surface area contributed by atoms with Crippen molar-refractivity contribution in [1.29, 1.82) is 0 Å². The topological polar surface area (TPSA) is 404 Å². The van der Waals surface area contributed by atoms with Gasteiger partial charge in [0.1, 0.15) is 110 Å². The Kier molecular flexibility index (Phi) is 22.2. The zero-order valence-electron chi connectivity index (χ0n) is 49.4. The minimum absolute atomic E-state index is 0.0238. The molecule has 89 heavy (non-hydrogen) atoms. The van der Waals surface area contributed by atoms with Crippen LogP contribution in [-0.4, -0.2) is 154 Å². The number of aliphatic hydroxyl groups is 6. The van der Waals surface area contributed by atoms with Crippen LogP contribution in [0.3, 0.4) is 0 Å². The second-order valence-electron chi connectivity index (χ2n) is 20.7. The highest BCUT2D eigenvalue weighted by Gasteiger charge is 2.44. The summed E-state index contributed by atoms with van der Waals surface area (Å²) in [7, 11) is 3.13. The van der Waals surface area contributed by atoms with Crippen LogP contribution in [0.4, 0.5) is 0 Å². The van der Waals surface area contributed by atoms with E-state index in [1.807, 2.05) is 24.3 Å². The zero-order valence-corrected chi connectivity index (χ0v) is 49.4. The van der Waals surface area contributed by atoms with Gasteiger partial charge >= 0.3 is 0 Å². The molecule has 2 aromatic heterocycles. The van der Waals surface area contributed by atoms with Crippen molar-refractivity contribution < 1.29 is 104 Å². The van der Waals surface area contributed by atoms with E-state index in [1.54, 1.807) is 85.2 Å². The summed E-state index contributed by atoms with van der Waals surface area (Å²) in [5.74, 6) is 1.04. The molecule has 0 aliphatic carbocycles. The maximum Gasteiger partial charge on any atom is 0.229 e. The molecule has 0 bridgehead atoms. The first-order chi connectivity index (χ1) is 42.2. The Hall–Kier alpha value is -9.44. The Bertz CT molecular complexity index is 3810. The van der Waals surface area contributed by atoms with E-state index in [9.17, 15) is 76.0 Å². The van der Waals surface area contributed by atoms with E-state index in [4.69, 9.17) is 37.3 Å². The van der Waals surface area contributed by atoms with Crippen LogP contribution in [0.5, 0.6) is 51.7 Å². The number of aromatic hydroxyl groups is 7. The van der Waals surface area contributed by atoms with Crippen molar-refractivity contribution in [1.82, 2.24) is 0 Å².